The number of nitrogens with one attached hydrogen (secondary N) is 1. The fourth-order valence-corrected chi connectivity index (χ4v) is 6.05. The van der Waals surface area contributed by atoms with E-state index in [1.54, 1.807) is 30.3 Å². The van der Waals surface area contributed by atoms with Gasteiger partial charge in [0.05, 0.1) is 37.5 Å². The summed E-state index contributed by atoms with van der Waals surface area (Å²) < 4.78 is 40.8. The molecule has 0 aliphatic carbocycles. The summed E-state index contributed by atoms with van der Waals surface area (Å²) in [4.78, 5) is 33.8. The van der Waals surface area contributed by atoms with Gasteiger partial charge in [0, 0.05) is 51.4 Å². The number of benzene rings is 1. The highest BCUT2D eigenvalue weighted by molar-refractivity contribution is 5.84. The Labute approximate surface area is 243 Å². The number of halogens is 2. The lowest BCUT2D eigenvalue weighted by molar-refractivity contribution is -0.136. The number of rotatable bonds is 8. The molecule has 226 valence electrons. The van der Waals surface area contributed by atoms with Crippen LogP contribution in [0.25, 0.3) is 16.9 Å². The van der Waals surface area contributed by atoms with Gasteiger partial charge in [0.15, 0.2) is 5.82 Å². The third-order valence-corrected chi connectivity index (χ3v) is 8.24. The Morgan fingerprint density at radius 1 is 0.976 bits per heavy atom. The van der Waals surface area contributed by atoms with Crippen molar-refractivity contribution in [2.45, 2.75) is 44.7 Å². The van der Waals surface area contributed by atoms with Crippen LogP contribution >= 0.6 is 0 Å². The average Bonchev–Trinajstić information content (AvgIpc) is 3.42. The summed E-state index contributed by atoms with van der Waals surface area (Å²) in [7, 11) is 0. The number of morpholine rings is 2. The highest BCUT2D eigenvalue weighted by Gasteiger charge is 2.32. The first-order chi connectivity index (χ1) is 20.5. The van der Waals surface area contributed by atoms with Crippen LogP contribution in [-0.4, -0.2) is 113 Å². The molecule has 42 heavy (non-hydrogen) atoms. The number of ether oxygens (including phenoxy) is 2. The Morgan fingerprint density at radius 3 is 2.45 bits per heavy atom. The molecular formula is C29H38F2N8O3. The number of anilines is 2. The van der Waals surface area contributed by atoms with Crippen LogP contribution in [-0.2, 0) is 14.3 Å². The largest absolute Gasteiger partial charge is 0.379 e. The fraction of sp³-hybridized carbons (Fsp3) is 0.586. The van der Waals surface area contributed by atoms with Crippen LogP contribution in [0.1, 0.15) is 38.4 Å². The molecule has 6 rings (SSSR count). The van der Waals surface area contributed by atoms with Crippen molar-refractivity contribution in [3.63, 3.8) is 0 Å². The molecule has 0 spiro atoms. The van der Waals surface area contributed by atoms with Gasteiger partial charge in [0.25, 0.3) is 6.43 Å². The van der Waals surface area contributed by atoms with Crippen LogP contribution in [0, 0.1) is 0 Å². The van der Waals surface area contributed by atoms with Gasteiger partial charge in [0.1, 0.15) is 17.7 Å². The molecule has 0 saturated carbocycles. The van der Waals surface area contributed by atoms with E-state index in [-0.39, 0.29) is 23.7 Å². The lowest BCUT2D eigenvalue weighted by atomic mass is 10.0. The number of aromatic nitrogens is 4. The smallest absolute Gasteiger partial charge is 0.296 e. The number of hydrogen-bond acceptors (Lipinski definition) is 9. The monoisotopic (exact) mass is 584 g/mol. The van der Waals surface area contributed by atoms with Gasteiger partial charge in [-0.25, -0.2) is 13.8 Å². The number of piperidine rings is 1. The Bertz CT molecular complexity index is 1380. The molecule has 3 aromatic rings. The van der Waals surface area contributed by atoms with Crippen LogP contribution in [0.2, 0.25) is 0 Å². The van der Waals surface area contributed by atoms with Crippen LogP contribution < -0.4 is 10.2 Å². The molecular weight excluding hydrogens is 546 g/mol. The number of likely N-dealkylation sites (tertiary alicyclic amines) is 1. The maximum absolute atomic E-state index is 14.2. The Hall–Kier alpha value is -3.42. The lowest BCUT2D eigenvalue weighted by Crippen LogP contribution is -2.54. The van der Waals surface area contributed by atoms with E-state index in [1.807, 2.05) is 16.7 Å². The van der Waals surface area contributed by atoms with Gasteiger partial charge >= 0.3 is 0 Å². The third-order valence-electron chi connectivity index (χ3n) is 8.24. The van der Waals surface area contributed by atoms with E-state index in [2.05, 4.69) is 20.2 Å². The van der Waals surface area contributed by atoms with Crippen LogP contribution in [0.4, 0.5) is 20.5 Å². The standard InChI is InChI=1S/C29H38F2N8O3/c1-20(28(40)38-9-5-4-6-21(38)19-36-10-14-41-15-11-36)32-29-34-24(37-12-16-42-17-13-37)18-25(35-29)39-23-8-3-2-7-22(23)33-27(39)26(30)31/h2-3,7-8,18,20-21,26H,4-6,9-17,19H2,1H3,(H,32,34,35)/t20-,21?/m0/s1. The number of nitrogens with zero attached hydrogens (tertiary/aromatic N) is 7. The molecule has 1 aromatic carbocycles. The summed E-state index contributed by atoms with van der Waals surface area (Å²) in [6, 6.07) is 8.22. The summed E-state index contributed by atoms with van der Waals surface area (Å²) in [5.41, 5.74) is 0.975. The van der Waals surface area contributed by atoms with Gasteiger partial charge in [-0.2, -0.15) is 9.97 Å². The molecule has 2 aromatic heterocycles. The SMILES string of the molecule is C[C@H](Nc1nc(N2CCOCC2)cc(-n2c(C(F)F)nc3ccccc32)n1)C(=O)N1CCCCC1CN1CCOCC1. The maximum Gasteiger partial charge on any atom is 0.296 e. The predicted molar refractivity (Wildman–Crippen MR) is 154 cm³/mol. The highest BCUT2D eigenvalue weighted by atomic mass is 19.3. The molecule has 1 N–H and O–H groups in total. The zero-order valence-electron chi connectivity index (χ0n) is 23.9. The number of carbonyl (C=O) groups is 1. The number of imidazole rings is 1. The van der Waals surface area contributed by atoms with E-state index < -0.39 is 18.3 Å². The van der Waals surface area contributed by atoms with E-state index >= 15 is 0 Å². The van der Waals surface area contributed by atoms with Crippen molar-refractivity contribution < 1.29 is 23.0 Å². The Balaban J connectivity index is 1.29. The molecule has 0 bridgehead atoms. The summed E-state index contributed by atoms with van der Waals surface area (Å²) in [5, 5.41) is 3.22. The normalized spacial score (nSPS) is 21.2. The lowest BCUT2D eigenvalue weighted by Gasteiger charge is -2.40. The zero-order valence-corrected chi connectivity index (χ0v) is 23.9. The number of carbonyl (C=O) groups excluding carboxylic acids is 1. The molecule has 3 aliphatic rings. The number of fused-ring (bicyclic) bond motifs is 1. The summed E-state index contributed by atoms with van der Waals surface area (Å²) in [6.45, 7) is 8.82. The number of hydrogen-bond donors (Lipinski definition) is 1. The van der Waals surface area contributed by atoms with Crippen LogP contribution in [0.5, 0.6) is 0 Å². The topological polar surface area (TPSA) is 101 Å². The van der Waals surface area contributed by atoms with Crippen LogP contribution in [0.3, 0.4) is 0 Å². The molecule has 5 heterocycles. The Morgan fingerprint density at radius 2 is 1.69 bits per heavy atom. The second-order valence-electron chi connectivity index (χ2n) is 11.1. The second-order valence-corrected chi connectivity index (χ2v) is 11.1. The molecule has 2 atom stereocenters. The Kier molecular flexibility index (Phi) is 8.77. The van der Waals surface area contributed by atoms with Gasteiger partial charge in [-0.05, 0) is 38.3 Å². The van der Waals surface area contributed by atoms with Crippen molar-refractivity contribution in [1.29, 1.82) is 0 Å². The first-order valence-corrected chi connectivity index (χ1v) is 14.8. The van der Waals surface area contributed by atoms with Crippen molar-refractivity contribution in [3.8, 4) is 5.82 Å². The molecule has 3 aliphatic heterocycles. The van der Waals surface area contributed by atoms with E-state index in [0.717, 1.165) is 52.1 Å². The maximum atomic E-state index is 14.2. The number of alkyl halides is 2. The van der Waals surface area contributed by atoms with Crippen molar-refractivity contribution in [2.75, 3.05) is 75.9 Å². The van der Waals surface area contributed by atoms with Gasteiger partial charge in [-0.3, -0.25) is 14.3 Å². The molecule has 1 amide bonds. The van der Waals surface area contributed by atoms with E-state index in [0.29, 0.717) is 49.7 Å². The molecule has 3 fully saturated rings. The third kappa shape index (κ3) is 6.18. The van der Waals surface area contributed by atoms with Crippen LogP contribution in [0.15, 0.2) is 30.3 Å². The highest BCUT2D eigenvalue weighted by Crippen LogP contribution is 2.29. The van der Waals surface area contributed by atoms with Crippen molar-refractivity contribution >= 4 is 28.7 Å². The van der Waals surface area contributed by atoms with Gasteiger partial charge in [-0.1, -0.05) is 12.1 Å². The molecule has 1 unspecified atom stereocenters. The van der Waals surface area contributed by atoms with Gasteiger partial charge in [-0.15, -0.1) is 0 Å². The summed E-state index contributed by atoms with van der Waals surface area (Å²) in [5.74, 6) is 0.635. The van der Waals surface area contributed by atoms with E-state index in [1.165, 1.54) is 4.57 Å². The fourth-order valence-electron chi connectivity index (χ4n) is 6.05. The van der Waals surface area contributed by atoms with Crippen molar-refractivity contribution in [3.05, 3.63) is 36.2 Å². The van der Waals surface area contributed by atoms with E-state index in [9.17, 15) is 13.6 Å². The quantitative estimate of drug-likeness (QED) is 0.428. The summed E-state index contributed by atoms with van der Waals surface area (Å²) >= 11 is 0. The first-order valence-electron chi connectivity index (χ1n) is 14.8. The molecule has 11 nitrogen and oxygen atoms in total. The summed E-state index contributed by atoms with van der Waals surface area (Å²) in [6.07, 6.45) is 0.223. The van der Waals surface area contributed by atoms with Gasteiger partial charge < -0.3 is 24.6 Å². The predicted octanol–water partition coefficient (Wildman–Crippen LogP) is 3.10. The minimum absolute atomic E-state index is 0.0174. The van der Waals surface area contributed by atoms with Crippen molar-refractivity contribution in [1.82, 2.24) is 29.3 Å². The first kappa shape index (κ1) is 28.7. The number of para-hydroxylation sites is 2. The molecule has 0 radical (unpaired) electrons. The van der Waals surface area contributed by atoms with Gasteiger partial charge in [0.2, 0.25) is 11.9 Å². The minimum atomic E-state index is -2.81. The van der Waals surface area contributed by atoms with E-state index in [4.69, 9.17) is 14.5 Å². The number of amides is 1. The zero-order chi connectivity index (χ0) is 29.1. The molecule has 13 heteroatoms. The average molecular weight is 585 g/mol. The molecule has 3 saturated heterocycles. The van der Waals surface area contributed by atoms with Crippen molar-refractivity contribution in [2.24, 2.45) is 0 Å². The second kappa shape index (κ2) is 12.8. The minimum Gasteiger partial charge on any atom is -0.379 e.